The van der Waals surface area contributed by atoms with Crippen LogP contribution in [-0.4, -0.2) is 15.9 Å². The van der Waals surface area contributed by atoms with E-state index in [2.05, 4.69) is 15.3 Å². The van der Waals surface area contributed by atoms with Crippen LogP contribution < -0.4 is 5.32 Å². The Morgan fingerprint density at radius 1 is 1.59 bits per heavy atom. The number of nitrogens with zero attached hydrogens (tertiary/aromatic N) is 2. The highest BCUT2D eigenvalue weighted by molar-refractivity contribution is 7.14. The molecule has 0 atom stereocenters. The van der Waals surface area contributed by atoms with E-state index in [1.807, 2.05) is 6.92 Å². The Balaban J connectivity index is 1.98. The lowest BCUT2D eigenvalue weighted by atomic mass is 10.3. The van der Waals surface area contributed by atoms with Gasteiger partial charge >= 0.3 is 0 Å². The molecule has 0 fully saturated rings. The minimum Gasteiger partial charge on any atom is -0.346 e. The van der Waals surface area contributed by atoms with Crippen LogP contribution in [0.4, 0.5) is 0 Å². The summed E-state index contributed by atoms with van der Waals surface area (Å²) < 4.78 is 0. The monoisotopic (exact) mass is 267 g/mol. The number of aromatic nitrogens is 2. The minimum atomic E-state index is -0.136. The first-order valence-corrected chi connectivity index (χ1v) is 6.15. The molecule has 0 bridgehead atoms. The summed E-state index contributed by atoms with van der Waals surface area (Å²) in [7, 11) is 0. The third-order valence-electron chi connectivity index (χ3n) is 2.15. The standard InChI is InChI=1S/C11H10ClN3OS/c1-7-9(12)4-10(17-7)11(16)14-5-8-2-3-13-6-15-8/h2-4,6H,5H2,1H3,(H,14,16). The van der Waals surface area contributed by atoms with E-state index in [9.17, 15) is 4.79 Å². The van der Waals surface area contributed by atoms with Gasteiger partial charge in [0.2, 0.25) is 0 Å². The molecular formula is C11H10ClN3OS. The molecule has 6 heteroatoms. The maximum atomic E-state index is 11.8. The summed E-state index contributed by atoms with van der Waals surface area (Å²) in [5.41, 5.74) is 0.771. The molecule has 1 N–H and O–H groups in total. The Kier molecular flexibility index (Phi) is 3.71. The zero-order chi connectivity index (χ0) is 12.3. The van der Waals surface area contributed by atoms with E-state index in [4.69, 9.17) is 11.6 Å². The second-order valence-corrected chi connectivity index (χ2v) is 5.06. The van der Waals surface area contributed by atoms with Gasteiger partial charge in [-0.1, -0.05) is 11.6 Å². The van der Waals surface area contributed by atoms with Crippen LogP contribution in [0.5, 0.6) is 0 Å². The van der Waals surface area contributed by atoms with Crippen molar-refractivity contribution >= 4 is 28.8 Å². The van der Waals surface area contributed by atoms with E-state index < -0.39 is 0 Å². The summed E-state index contributed by atoms with van der Waals surface area (Å²) in [5.74, 6) is -0.136. The lowest BCUT2D eigenvalue weighted by Crippen LogP contribution is -2.22. The van der Waals surface area contributed by atoms with E-state index >= 15 is 0 Å². The average molecular weight is 268 g/mol. The third kappa shape index (κ3) is 3.01. The Labute approximate surface area is 108 Å². The SMILES string of the molecule is Cc1sc(C(=O)NCc2ccncn2)cc1Cl. The van der Waals surface area contributed by atoms with Crippen LogP contribution in [-0.2, 0) is 6.54 Å². The highest BCUT2D eigenvalue weighted by Gasteiger charge is 2.10. The summed E-state index contributed by atoms with van der Waals surface area (Å²) in [6, 6.07) is 3.43. The number of hydrogen-bond acceptors (Lipinski definition) is 4. The van der Waals surface area contributed by atoms with Gasteiger partial charge in [-0.05, 0) is 19.1 Å². The van der Waals surface area contributed by atoms with Crippen molar-refractivity contribution in [3.05, 3.63) is 45.1 Å². The number of carbonyl (C=O) groups excluding carboxylic acids is 1. The Bertz CT molecular complexity index is 507. The number of halogens is 1. The predicted octanol–water partition coefficient (Wildman–Crippen LogP) is 2.43. The van der Waals surface area contributed by atoms with Crippen molar-refractivity contribution in [1.82, 2.24) is 15.3 Å². The third-order valence-corrected chi connectivity index (χ3v) is 3.71. The topological polar surface area (TPSA) is 54.9 Å². The van der Waals surface area contributed by atoms with Crippen molar-refractivity contribution in [3.8, 4) is 0 Å². The molecule has 0 aliphatic carbocycles. The Hall–Kier alpha value is -1.46. The molecule has 17 heavy (non-hydrogen) atoms. The summed E-state index contributed by atoms with van der Waals surface area (Å²) in [5, 5.41) is 3.41. The first-order chi connectivity index (χ1) is 8.16. The largest absolute Gasteiger partial charge is 0.346 e. The number of thiophene rings is 1. The van der Waals surface area contributed by atoms with Crippen molar-refractivity contribution in [2.24, 2.45) is 0 Å². The molecule has 0 aromatic carbocycles. The number of amides is 1. The molecule has 1 amide bonds. The van der Waals surface area contributed by atoms with Gasteiger partial charge in [-0.25, -0.2) is 9.97 Å². The minimum absolute atomic E-state index is 0.136. The number of hydrogen-bond donors (Lipinski definition) is 1. The predicted molar refractivity (Wildman–Crippen MR) is 67.3 cm³/mol. The van der Waals surface area contributed by atoms with Crippen LogP contribution in [0.3, 0.4) is 0 Å². The van der Waals surface area contributed by atoms with Crippen LogP contribution in [0.1, 0.15) is 20.2 Å². The van der Waals surface area contributed by atoms with Gasteiger partial charge in [-0.15, -0.1) is 11.3 Å². The van der Waals surface area contributed by atoms with Crippen LogP contribution >= 0.6 is 22.9 Å². The molecule has 0 spiro atoms. The van der Waals surface area contributed by atoms with Crippen LogP contribution in [0.15, 0.2) is 24.7 Å². The van der Waals surface area contributed by atoms with E-state index in [1.165, 1.54) is 17.7 Å². The molecular weight excluding hydrogens is 258 g/mol. The van der Waals surface area contributed by atoms with E-state index in [1.54, 1.807) is 18.3 Å². The lowest BCUT2D eigenvalue weighted by molar-refractivity contribution is 0.0954. The van der Waals surface area contributed by atoms with Gasteiger partial charge in [0.15, 0.2) is 0 Å². The molecule has 2 aromatic heterocycles. The van der Waals surface area contributed by atoms with Gasteiger partial charge < -0.3 is 5.32 Å². The van der Waals surface area contributed by atoms with Crippen molar-refractivity contribution < 1.29 is 4.79 Å². The number of nitrogens with one attached hydrogen (secondary N) is 1. The van der Waals surface area contributed by atoms with Crippen molar-refractivity contribution in [2.45, 2.75) is 13.5 Å². The number of rotatable bonds is 3. The molecule has 0 saturated carbocycles. The molecule has 0 saturated heterocycles. The van der Waals surface area contributed by atoms with E-state index in [0.717, 1.165) is 10.6 Å². The molecule has 2 rings (SSSR count). The molecule has 0 aliphatic rings. The summed E-state index contributed by atoms with van der Waals surface area (Å²) >= 11 is 7.28. The molecule has 2 heterocycles. The highest BCUT2D eigenvalue weighted by Crippen LogP contribution is 2.25. The Morgan fingerprint density at radius 2 is 2.41 bits per heavy atom. The quantitative estimate of drug-likeness (QED) is 0.929. The van der Waals surface area contributed by atoms with Gasteiger partial charge in [0.1, 0.15) is 6.33 Å². The lowest BCUT2D eigenvalue weighted by Gasteiger charge is -2.01. The smallest absolute Gasteiger partial charge is 0.261 e. The van der Waals surface area contributed by atoms with Gasteiger partial charge in [0.25, 0.3) is 5.91 Å². The van der Waals surface area contributed by atoms with Crippen LogP contribution in [0.2, 0.25) is 5.02 Å². The molecule has 0 aliphatic heterocycles. The maximum Gasteiger partial charge on any atom is 0.261 e. The van der Waals surface area contributed by atoms with Crippen molar-refractivity contribution in [2.75, 3.05) is 0 Å². The highest BCUT2D eigenvalue weighted by atomic mass is 35.5. The van der Waals surface area contributed by atoms with Gasteiger partial charge in [0, 0.05) is 11.1 Å². The molecule has 0 unspecified atom stereocenters. The molecule has 0 radical (unpaired) electrons. The summed E-state index contributed by atoms with van der Waals surface area (Å²) in [6.45, 7) is 2.27. The first-order valence-electron chi connectivity index (χ1n) is 4.96. The second kappa shape index (κ2) is 5.25. The first kappa shape index (κ1) is 12.0. The molecule has 2 aromatic rings. The fourth-order valence-electron chi connectivity index (χ4n) is 1.25. The zero-order valence-electron chi connectivity index (χ0n) is 9.11. The summed E-state index contributed by atoms with van der Waals surface area (Å²) in [4.78, 5) is 21.2. The fraction of sp³-hybridized carbons (Fsp3) is 0.182. The average Bonchev–Trinajstić information content (AvgIpc) is 2.68. The number of aryl methyl sites for hydroxylation is 1. The van der Waals surface area contributed by atoms with Gasteiger partial charge in [-0.2, -0.15) is 0 Å². The zero-order valence-corrected chi connectivity index (χ0v) is 10.7. The second-order valence-electron chi connectivity index (χ2n) is 3.40. The molecule has 4 nitrogen and oxygen atoms in total. The normalized spacial score (nSPS) is 10.2. The van der Waals surface area contributed by atoms with Crippen LogP contribution in [0, 0.1) is 6.92 Å². The van der Waals surface area contributed by atoms with Gasteiger partial charge in [0.05, 0.1) is 22.1 Å². The van der Waals surface area contributed by atoms with Crippen LogP contribution in [0.25, 0.3) is 0 Å². The van der Waals surface area contributed by atoms with Crippen molar-refractivity contribution in [1.29, 1.82) is 0 Å². The Morgan fingerprint density at radius 3 is 3.00 bits per heavy atom. The van der Waals surface area contributed by atoms with E-state index in [-0.39, 0.29) is 5.91 Å². The molecule has 88 valence electrons. The fourth-order valence-corrected chi connectivity index (χ4v) is 2.37. The maximum absolute atomic E-state index is 11.8. The summed E-state index contributed by atoms with van der Waals surface area (Å²) in [6.07, 6.45) is 3.09. The van der Waals surface area contributed by atoms with Gasteiger partial charge in [-0.3, -0.25) is 4.79 Å². The van der Waals surface area contributed by atoms with E-state index in [0.29, 0.717) is 16.4 Å². The number of carbonyl (C=O) groups is 1. The van der Waals surface area contributed by atoms with Crippen molar-refractivity contribution in [3.63, 3.8) is 0 Å².